The average Bonchev–Trinajstić information content (AvgIpc) is 3.28. The molecule has 142 valence electrons. The second-order valence-corrected chi connectivity index (χ2v) is 7.64. The first-order valence-corrected chi connectivity index (χ1v) is 9.78. The zero-order valence-electron chi connectivity index (χ0n) is 15.2. The molecule has 2 aromatic rings. The number of amides is 1. The molecule has 0 bridgehead atoms. The van der Waals surface area contributed by atoms with Crippen LogP contribution in [0.4, 0.5) is 0 Å². The maximum absolute atomic E-state index is 13.1. The number of fused-ring (bicyclic) bond motifs is 1. The minimum atomic E-state index is -0.107. The number of rotatable bonds is 4. The monoisotopic (exact) mass is 369 g/mol. The quantitative estimate of drug-likeness (QED) is 0.814. The maximum Gasteiger partial charge on any atom is 0.266 e. The Morgan fingerprint density at radius 1 is 1.19 bits per heavy atom. The highest BCUT2D eigenvalue weighted by atomic mass is 16.5. The van der Waals surface area contributed by atoms with Gasteiger partial charge in [-0.05, 0) is 31.7 Å². The number of hydrogen-bond acceptors (Lipinski definition) is 5. The standard InChI is InChI=1S/C19H23N5O3/c25-17-7-6-16(13-4-5-13)21-24(17)12-14-3-1-8-22(14)18(26)15-11-20-23-9-2-10-27-19(15)23/h6-7,11,13-14H,1-5,8-10,12H2. The highest BCUT2D eigenvalue weighted by molar-refractivity contribution is 5.96. The van der Waals surface area contributed by atoms with E-state index in [0.717, 1.165) is 44.3 Å². The summed E-state index contributed by atoms with van der Waals surface area (Å²) in [5.74, 6) is 1.00. The van der Waals surface area contributed by atoms with Gasteiger partial charge < -0.3 is 9.64 Å². The van der Waals surface area contributed by atoms with E-state index in [4.69, 9.17) is 4.74 Å². The molecule has 0 aromatic carbocycles. The van der Waals surface area contributed by atoms with Gasteiger partial charge in [0.2, 0.25) is 5.88 Å². The summed E-state index contributed by atoms with van der Waals surface area (Å²) in [5, 5.41) is 8.84. The lowest BCUT2D eigenvalue weighted by molar-refractivity contribution is 0.0713. The van der Waals surface area contributed by atoms with Gasteiger partial charge in [0.1, 0.15) is 5.56 Å². The summed E-state index contributed by atoms with van der Waals surface area (Å²) >= 11 is 0. The van der Waals surface area contributed by atoms with Crippen LogP contribution in [0.3, 0.4) is 0 Å². The van der Waals surface area contributed by atoms with E-state index < -0.39 is 0 Å². The smallest absolute Gasteiger partial charge is 0.266 e. The maximum atomic E-state index is 13.1. The van der Waals surface area contributed by atoms with Crippen molar-refractivity contribution in [1.82, 2.24) is 24.5 Å². The third kappa shape index (κ3) is 3.02. The molecule has 2 fully saturated rings. The predicted octanol–water partition coefficient (Wildman–Crippen LogP) is 1.40. The summed E-state index contributed by atoms with van der Waals surface area (Å²) in [5.41, 5.74) is 1.41. The van der Waals surface area contributed by atoms with Crippen molar-refractivity contribution in [3.8, 4) is 5.88 Å². The Morgan fingerprint density at radius 2 is 2.07 bits per heavy atom. The topological polar surface area (TPSA) is 82.2 Å². The van der Waals surface area contributed by atoms with Crippen molar-refractivity contribution in [3.63, 3.8) is 0 Å². The van der Waals surface area contributed by atoms with Crippen molar-refractivity contribution in [1.29, 1.82) is 0 Å². The molecule has 8 nitrogen and oxygen atoms in total. The number of carbonyl (C=O) groups is 1. The van der Waals surface area contributed by atoms with Crippen LogP contribution in [0, 0.1) is 0 Å². The Morgan fingerprint density at radius 3 is 2.93 bits per heavy atom. The molecular weight excluding hydrogens is 346 g/mol. The van der Waals surface area contributed by atoms with E-state index in [1.54, 1.807) is 16.9 Å². The van der Waals surface area contributed by atoms with Crippen LogP contribution >= 0.6 is 0 Å². The van der Waals surface area contributed by atoms with Gasteiger partial charge in [0.15, 0.2) is 0 Å². The molecule has 2 aromatic heterocycles. The fraction of sp³-hybridized carbons (Fsp3) is 0.579. The van der Waals surface area contributed by atoms with Crippen LogP contribution in [-0.4, -0.2) is 49.6 Å². The number of likely N-dealkylation sites (tertiary alicyclic amines) is 1. The molecule has 8 heteroatoms. The van der Waals surface area contributed by atoms with Gasteiger partial charge in [0.25, 0.3) is 11.5 Å². The van der Waals surface area contributed by atoms with E-state index in [9.17, 15) is 9.59 Å². The molecule has 1 saturated carbocycles. The Kier molecular flexibility index (Phi) is 3.98. The molecule has 1 aliphatic carbocycles. The molecule has 27 heavy (non-hydrogen) atoms. The number of aryl methyl sites for hydroxylation is 1. The molecule has 1 amide bonds. The highest BCUT2D eigenvalue weighted by Gasteiger charge is 2.34. The zero-order valence-corrected chi connectivity index (χ0v) is 15.2. The van der Waals surface area contributed by atoms with E-state index in [1.807, 2.05) is 11.0 Å². The van der Waals surface area contributed by atoms with E-state index in [2.05, 4.69) is 10.2 Å². The van der Waals surface area contributed by atoms with Crippen molar-refractivity contribution < 1.29 is 9.53 Å². The van der Waals surface area contributed by atoms with Crippen molar-refractivity contribution in [2.75, 3.05) is 13.2 Å². The summed E-state index contributed by atoms with van der Waals surface area (Å²) in [6, 6.07) is 3.41. The summed E-state index contributed by atoms with van der Waals surface area (Å²) < 4.78 is 8.97. The lowest BCUT2D eigenvalue weighted by atomic mass is 10.2. The fourth-order valence-electron chi connectivity index (χ4n) is 4.06. The van der Waals surface area contributed by atoms with Gasteiger partial charge in [-0.25, -0.2) is 9.36 Å². The highest BCUT2D eigenvalue weighted by Crippen LogP contribution is 2.38. The molecule has 1 atom stereocenters. The predicted molar refractivity (Wildman–Crippen MR) is 96.9 cm³/mol. The van der Waals surface area contributed by atoms with Crippen LogP contribution in [0.5, 0.6) is 5.88 Å². The second-order valence-electron chi connectivity index (χ2n) is 7.64. The lowest BCUT2D eigenvalue weighted by Gasteiger charge is -2.25. The largest absolute Gasteiger partial charge is 0.477 e. The van der Waals surface area contributed by atoms with Crippen LogP contribution in [0.25, 0.3) is 0 Å². The van der Waals surface area contributed by atoms with Crippen molar-refractivity contribution >= 4 is 5.91 Å². The number of ether oxygens (including phenoxy) is 1. The number of hydrogen-bond donors (Lipinski definition) is 0. The summed E-state index contributed by atoms with van der Waals surface area (Å²) in [7, 11) is 0. The molecule has 0 spiro atoms. The number of aromatic nitrogens is 4. The first-order valence-electron chi connectivity index (χ1n) is 9.78. The van der Waals surface area contributed by atoms with Gasteiger partial charge in [-0.2, -0.15) is 10.2 Å². The van der Waals surface area contributed by atoms with E-state index >= 15 is 0 Å². The molecule has 0 N–H and O–H groups in total. The summed E-state index contributed by atoms with van der Waals surface area (Å²) in [6.07, 6.45) is 6.60. The third-order valence-corrected chi connectivity index (χ3v) is 5.68. The van der Waals surface area contributed by atoms with Gasteiger partial charge in [0.05, 0.1) is 31.1 Å². The molecule has 0 radical (unpaired) electrons. The van der Waals surface area contributed by atoms with Crippen LogP contribution in [-0.2, 0) is 13.1 Å². The van der Waals surface area contributed by atoms with Gasteiger partial charge in [-0.1, -0.05) is 0 Å². The van der Waals surface area contributed by atoms with Crippen LogP contribution in [0.1, 0.15) is 54.1 Å². The lowest BCUT2D eigenvalue weighted by Crippen LogP contribution is -2.40. The molecule has 5 rings (SSSR count). The number of nitrogens with zero attached hydrogens (tertiary/aromatic N) is 5. The Hall–Kier alpha value is -2.64. The Bertz CT molecular complexity index is 930. The minimum Gasteiger partial charge on any atom is -0.477 e. The summed E-state index contributed by atoms with van der Waals surface area (Å²) in [6.45, 7) is 2.52. The zero-order chi connectivity index (χ0) is 18.4. The van der Waals surface area contributed by atoms with Gasteiger partial charge in [-0.15, -0.1) is 0 Å². The van der Waals surface area contributed by atoms with Crippen molar-refractivity contribution in [2.24, 2.45) is 0 Å². The van der Waals surface area contributed by atoms with Crippen molar-refractivity contribution in [2.45, 2.75) is 57.2 Å². The molecule has 1 unspecified atom stereocenters. The Labute approximate surface area is 156 Å². The van der Waals surface area contributed by atoms with Crippen LogP contribution < -0.4 is 10.3 Å². The Balaban J connectivity index is 1.38. The minimum absolute atomic E-state index is 0.0312. The first-order chi connectivity index (χ1) is 13.2. The van der Waals surface area contributed by atoms with Gasteiger partial charge in [0, 0.05) is 31.5 Å². The van der Waals surface area contributed by atoms with Gasteiger partial charge >= 0.3 is 0 Å². The average molecular weight is 369 g/mol. The van der Waals surface area contributed by atoms with Gasteiger partial charge in [-0.3, -0.25) is 9.59 Å². The molecule has 1 saturated heterocycles. The van der Waals surface area contributed by atoms with E-state index in [1.165, 1.54) is 4.68 Å². The normalized spacial score (nSPS) is 21.8. The second kappa shape index (κ2) is 6.51. The van der Waals surface area contributed by atoms with E-state index in [0.29, 0.717) is 37.1 Å². The van der Waals surface area contributed by atoms with E-state index in [-0.39, 0.29) is 17.5 Å². The van der Waals surface area contributed by atoms with Crippen molar-refractivity contribution in [3.05, 3.63) is 39.9 Å². The molecule has 2 aliphatic heterocycles. The number of carbonyl (C=O) groups excluding carboxylic acids is 1. The van der Waals surface area contributed by atoms with Crippen LogP contribution in [0.2, 0.25) is 0 Å². The molecule has 3 aliphatic rings. The van der Waals surface area contributed by atoms with Crippen LogP contribution in [0.15, 0.2) is 23.1 Å². The summed E-state index contributed by atoms with van der Waals surface area (Å²) in [4.78, 5) is 27.3. The first kappa shape index (κ1) is 16.5. The fourth-order valence-corrected chi connectivity index (χ4v) is 4.06. The SMILES string of the molecule is O=C(c1cnn2c1OCCC2)N1CCCC1Cn1nc(C2CC2)ccc1=O. The molecule has 4 heterocycles. The third-order valence-electron chi connectivity index (χ3n) is 5.68. The molecular formula is C19H23N5O3.